The number of carbonyl (C=O) groups excluding carboxylic acids is 2. The van der Waals surface area contributed by atoms with Gasteiger partial charge in [-0.3, -0.25) is 4.79 Å². The van der Waals surface area contributed by atoms with Gasteiger partial charge in [-0.2, -0.15) is 0 Å². The maximum absolute atomic E-state index is 12.7. The molecule has 8 nitrogen and oxygen atoms in total. The maximum Gasteiger partial charge on any atom is 0.317 e. The highest BCUT2D eigenvalue weighted by molar-refractivity contribution is 7.90. The minimum atomic E-state index is -3.30. The van der Waals surface area contributed by atoms with Gasteiger partial charge in [0.15, 0.2) is 15.0 Å². The van der Waals surface area contributed by atoms with Gasteiger partial charge in [-0.15, -0.1) is 0 Å². The molecule has 4 rings (SSSR count). The zero-order valence-electron chi connectivity index (χ0n) is 15.5. The molecule has 0 radical (unpaired) electrons. The van der Waals surface area contributed by atoms with E-state index < -0.39 is 9.84 Å². The number of carbonyl (C=O) groups is 2. The molecule has 2 N–H and O–H groups in total. The van der Waals surface area contributed by atoms with Crippen molar-refractivity contribution >= 4 is 48.5 Å². The molecular formula is C18H22N4O4S2. The fourth-order valence-corrected chi connectivity index (χ4v) is 4.90. The van der Waals surface area contributed by atoms with E-state index in [0.717, 1.165) is 31.9 Å². The van der Waals surface area contributed by atoms with Crippen LogP contribution in [0.25, 0.3) is 10.2 Å². The summed E-state index contributed by atoms with van der Waals surface area (Å²) in [5, 5.41) is 6.23. The number of sulfone groups is 1. The zero-order valence-corrected chi connectivity index (χ0v) is 17.1. The van der Waals surface area contributed by atoms with Crippen LogP contribution < -0.4 is 10.6 Å². The van der Waals surface area contributed by atoms with E-state index in [0.29, 0.717) is 34.5 Å². The molecule has 2 fully saturated rings. The third-order valence-electron chi connectivity index (χ3n) is 5.00. The Hall–Kier alpha value is -2.20. The lowest BCUT2D eigenvalue weighted by Crippen LogP contribution is -2.48. The normalized spacial score (nSPS) is 20.2. The molecule has 0 spiro atoms. The molecule has 1 unspecified atom stereocenters. The van der Waals surface area contributed by atoms with Crippen LogP contribution in [0.4, 0.5) is 9.93 Å². The number of amides is 3. The summed E-state index contributed by atoms with van der Waals surface area (Å²) in [6.07, 6.45) is 4.73. The maximum atomic E-state index is 12.7. The molecule has 1 saturated heterocycles. The summed E-state index contributed by atoms with van der Waals surface area (Å²) in [6.45, 7) is 1.06. The number of nitrogens with zero attached hydrogens (tertiary/aromatic N) is 2. The van der Waals surface area contributed by atoms with E-state index in [1.807, 2.05) is 0 Å². The molecule has 1 atom stereocenters. The summed E-state index contributed by atoms with van der Waals surface area (Å²) in [4.78, 5) is 31.2. The first kappa shape index (κ1) is 19.1. The molecule has 1 aromatic heterocycles. The van der Waals surface area contributed by atoms with Crippen molar-refractivity contribution in [3.8, 4) is 0 Å². The van der Waals surface area contributed by atoms with Crippen molar-refractivity contribution in [3.05, 3.63) is 18.2 Å². The Bertz CT molecular complexity index is 1030. The topological polar surface area (TPSA) is 108 Å². The molecule has 28 heavy (non-hydrogen) atoms. The van der Waals surface area contributed by atoms with Crippen LogP contribution >= 0.6 is 11.3 Å². The first-order valence-corrected chi connectivity index (χ1v) is 12.0. The number of rotatable bonds is 4. The average molecular weight is 423 g/mol. The number of aromatic nitrogens is 1. The summed E-state index contributed by atoms with van der Waals surface area (Å²) < 4.78 is 24.1. The second-order valence-electron chi connectivity index (χ2n) is 7.42. The first-order chi connectivity index (χ1) is 13.3. The molecule has 150 valence electrons. The number of anilines is 1. The Morgan fingerprint density at radius 1 is 1.25 bits per heavy atom. The third kappa shape index (κ3) is 4.27. The number of fused-ring (bicyclic) bond motifs is 1. The van der Waals surface area contributed by atoms with Crippen molar-refractivity contribution in [2.45, 2.75) is 36.6 Å². The second kappa shape index (κ2) is 7.32. The van der Waals surface area contributed by atoms with Crippen LogP contribution in [0.5, 0.6) is 0 Å². The molecule has 2 aromatic rings. The quantitative estimate of drug-likeness (QED) is 0.785. The fraction of sp³-hybridized carbons (Fsp3) is 0.500. The largest absolute Gasteiger partial charge is 0.335 e. The van der Waals surface area contributed by atoms with Crippen LogP contribution in [-0.2, 0) is 14.6 Å². The Balaban J connectivity index is 1.43. The number of nitrogens with one attached hydrogen (secondary N) is 2. The van der Waals surface area contributed by atoms with Gasteiger partial charge in [0.25, 0.3) is 0 Å². The van der Waals surface area contributed by atoms with Gasteiger partial charge in [0, 0.05) is 25.4 Å². The average Bonchev–Trinajstić information content (AvgIpc) is 3.37. The van der Waals surface area contributed by atoms with Crippen molar-refractivity contribution in [2.75, 3.05) is 24.7 Å². The molecule has 3 amide bonds. The molecular weight excluding hydrogens is 400 g/mol. The fourth-order valence-electron chi connectivity index (χ4n) is 3.27. The standard InChI is InChI=1S/C18H22N4O4S2/c1-28(25,26)13-6-7-14-15(9-13)27-17(20-14)21-16(23)11-3-2-8-22(10-11)18(24)19-12-4-5-12/h6-7,9,11-12H,2-5,8,10H2,1H3,(H,19,24)(H,20,21,23). The van der Waals surface area contributed by atoms with Gasteiger partial charge in [0.2, 0.25) is 5.91 Å². The highest BCUT2D eigenvalue weighted by Crippen LogP contribution is 2.29. The number of urea groups is 1. The molecule has 1 aliphatic carbocycles. The van der Waals surface area contributed by atoms with Crippen LogP contribution in [0.2, 0.25) is 0 Å². The molecule has 2 heterocycles. The lowest BCUT2D eigenvalue weighted by Gasteiger charge is -2.31. The van der Waals surface area contributed by atoms with Crippen LogP contribution in [0.1, 0.15) is 25.7 Å². The highest BCUT2D eigenvalue weighted by Gasteiger charge is 2.31. The lowest BCUT2D eigenvalue weighted by atomic mass is 9.97. The Morgan fingerprint density at radius 3 is 2.75 bits per heavy atom. The second-order valence-corrected chi connectivity index (χ2v) is 10.5. The van der Waals surface area contributed by atoms with E-state index in [-0.39, 0.29) is 22.8 Å². The van der Waals surface area contributed by atoms with E-state index in [2.05, 4.69) is 15.6 Å². The first-order valence-electron chi connectivity index (χ1n) is 9.26. The number of piperidine rings is 1. The van der Waals surface area contributed by atoms with Crippen molar-refractivity contribution in [1.82, 2.24) is 15.2 Å². The van der Waals surface area contributed by atoms with Gasteiger partial charge in [-0.1, -0.05) is 11.3 Å². The summed E-state index contributed by atoms with van der Waals surface area (Å²) in [7, 11) is -3.30. The number of benzene rings is 1. The highest BCUT2D eigenvalue weighted by atomic mass is 32.2. The van der Waals surface area contributed by atoms with E-state index in [9.17, 15) is 18.0 Å². The van der Waals surface area contributed by atoms with Gasteiger partial charge in [0.1, 0.15) is 0 Å². The van der Waals surface area contributed by atoms with Gasteiger partial charge in [-0.05, 0) is 43.9 Å². The summed E-state index contributed by atoms with van der Waals surface area (Å²) in [6, 6.07) is 4.93. The molecule has 0 bridgehead atoms. The van der Waals surface area contributed by atoms with Crippen molar-refractivity contribution in [2.24, 2.45) is 5.92 Å². The molecule has 10 heteroatoms. The van der Waals surface area contributed by atoms with Crippen molar-refractivity contribution < 1.29 is 18.0 Å². The molecule has 2 aliphatic rings. The predicted octanol–water partition coefficient (Wildman–Crippen LogP) is 2.22. The number of likely N-dealkylation sites (tertiary alicyclic amines) is 1. The minimum absolute atomic E-state index is 0.0895. The van der Waals surface area contributed by atoms with Gasteiger partial charge in [-0.25, -0.2) is 18.2 Å². The van der Waals surface area contributed by atoms with Gasteiger partial charge in [0.05, 0.1) is 21.0 Å². The smallest absolute Gasteiger partial charge is 0.317 e. The molecule has 1 aromatic carbocycles. The van der Waals surface area contributed by atoms with Crippen molar-refractivity contribution in [3.63, 3.8) is 0 Å². The Labute approximate surface area is 167 Å². The Kier molecular flexibility index (Phi) is 5.00. The van der Waals surface area contributed by atoms with Crippen LogP contribution in [0, 0.1) is 5.92 Å². The predicted molar refractivity (Wildman–Crippen MR) is 107 cm³/mol. The van der Waals surface area contributed by atoms with Crippen LogP contribution in [0.15, 0.2) is 23.1 Å². The van der Waals surface area contributed by atoms with Crippen molar-refractivity contribution in [1.29, 1.82) is 0 Å². The number of thiazole rings is 1. The third-order valence-corrected chi connectivity index (χ3v) is 7.05. The SMILES string of the molecule is CS(=O)(=O)c1ccc2nc(NC(=O)C3CCCN(C(=O)NC4CC4)C3)sc2c1. The monoisotopic (exact) mass is 422 g/mol. The summed E-state index contributed by atoms with van der Waals surface area (Å²) >= 11 is 1.24. The zero-order chi connectivity index (χ0) is 19.9. The van der Waals surface area contributed by atoms with Crippen LogP contribution in [-0.4, -0.2) is 55.6 Å². The summed E-state index contributed by atoms with van der Waals surface area (Å²) in [5.74, 6) is -0.441. The minimum Gasteiger partial charge on any atom is -0.335 e. The van der Waals surface area contributed by atoms with Gasteiger partial charge >= 0.3 is 6.03 Å². The molecule has 1 saturated carbocycles. The van der Waals surface area contributed by atoms with E-state index in [1.165, 1.54) is 17.4 Å². The van der Waals surface area contributed by atoms with E-state index in [1.54, 1.807) is 17.0 Å². The van der Waals surface area contributed by atoms with Crippen LogP contribution in [0.3, 0.4) is 0 Å². The summed E-state index contributed by atoms with van der Waals surface area (Å²) in [5.41, 5.74) is 0.641. The van der Waals surface area contributed by atoms with Gasteiger partial charge < -0.3 is 15.5 Å². The van der Waals surface area contributed by atoms with E-state index >= 15 is 0 Å². The Morgan fingerprint density at radius 2 is 2.04 bits per heavy atom. The number of hydrogen-bond acceptors (Lipinski definition) is 6. The molecule has 1 aliphatic heterocycles. The lowest BCUT2D eigenvalue weighted by molar-refractivity contribution is -0.121. The van der Waals surface area contributed by atoms with E-state index in [4.69, 9.17) is 0 Å². The number of hydrogen-bond donors (Lipinski definition) is 2.